The molecule has 0 aliphatic carbocycles. The zero-order chi connectivity index (χ0) is 18.4. The van der Waals surface area contributed by atoms with E-state index in [1.807, 2.05) is 0 Å². The predicted octanol–water partition coefficient (Wildman–Crippen LogP) is -0.384. The minimum atomic E-state index is -1.32. The lowest BCUT2D eigenvalue weighted by Gasteiger charge is -2.13. The van der Waals surface area contributed by atoms with E-state index in [0.717, 1.165) is 4.68 Å². The van der Waals surface area contributed by atoms with E-state index in [1.165, 1.54) is 0 Å². The highest BCUT2D eigenvalue weighted by Gasteiger charge is 2.21. The lowest BCUT2D eigenvalue weighted by molar-refractivity contribution is -0.143. The molecule has 0 saturated carbocycles. The first-order chi connectivity index (χ1) is 11.9. The van der Waals surface area contributed by atoms with Crippen LogP contribution >= 0.6 is 0 Å². The van der Waals surface area contributed by atoms with Crippen molar-refractivity contribution in [3.05, 3.63) is 34.6 Å². The molecule has 1 atom stereocenters. The monoisotopic (exact) mass is 348 g/mol. The fourth-order valence-electron chi connectivity index (χ4n) is 2.17. The molecule has 0 radical (unpaired) electrons. The van der Waals surface area contributed by atoms with Crippen LogP contribution in [0.5, 0.6) is 0 Å². The Morgan fingerprint density at radius 1 is 1.16 bits per heavy atom. The van der Waals surface area contributed by atoms with Gasteiger partial charge in [-0.05, 0) is 18.6 Å². The Hall–Kier alpha value is -3.30. The van der Waals surface area contributed by atoms with Gasteiger partial charge in [-0.2, -0.15) is 0 Å². The number of carboxylic acid groups (broad SMARTS) is 2. The van der Waals surface area contributed by atoms with Crippen LogP contribution in [0.3, 0.4) is 0 Å². The second kappa shape index (κ2) is 7.99. The summed E-state index contributed by atoms with van der Waals surface area (Å²) in [6.45, 7) is -0.0756. The summed E-state index contributed by atoms with van der Waals surface area (Å²) >= 11 is 0. The molecule has 2 rings (SSSR count). The maximum absolute atomic E-state index is 12.2. The second-order valence-corrected chi connectivity index (χ2v) is 5.28. The highest BCUT2D eigenvalue weighted by atomic mass is 16.4. The fraction of sp³-hybridized carbons (Fsp3) is 0.333. The number of carboxylic acids is 2. The summed E-state index contributed by atoms with van der Waals surface area (Å²) in [4.78, 5) is 45.6. The van der Waals surface area contributed by atoms with E-state index in [9.17, 15) is 19.2 Å². The molecule has 1 heterocycles. The van der Waals surface area contributed by atoms with Gasteiger partial charge in [-0.15, -0.1) is 5.10 Å². The smallest absolute Gasteiger partial charge is 0.326 e. The molecule has 0 fully saturated rings. The number of amides is 1. The summed E-state index contributed by atoms with van der Waals surface area (Å²) in [5.74, 6) is -3.10. The van der Waals surface area contributed by atoms with Gasteiger partial charge in [0.15, 0.2) is 0 Å². The number of aryl methyl sites for hydroxylation is 1. The molecular formula is C15H16N4O6. The van der Waals surface area contributed by atoms with Crippen LogP contribution in [-0.2, 0) is 20.9 Å². The number of fused-ring (bicyclic) bond motifs is 1. The van der Waals surface area contributed by atoms with Gasteiger partial charge in [0.2, 0.25) is 5.91 Å². The Bertz CT molecular complexity index is 862. The molecule has 1 aromatic heterocycles. The molecule has 0 bridgehead atoms. The summed E-state index contributed by atoms with van der Waals surface area (Å²) in [7, 11) is 0. The first-order valence-corrected chi connectivity index (χ1v) is 7.45. The number of carbonyl (C=O) groups excluding carboxylic acids is 1. The summed E-state index contributed by atoms with van der Waals surface area (Å²) < 4.78 is 1.02. The SMILES string of the molecule is O=C(O)CCC(NC(=O)CCn1nnc2ccccc2c1=O)C(=O)O. The summed E-state index contributed by atoms with van der Waals surface area (Å²) in [5.41, 5.74) is 0.0341. The van der Waals surface area contributed by atoms with Crippen LogP contribution in [0.25, 0.3) is 10.9 Å². The van der Waals surface area contributed by atoms with Crippen molar-refractivity contribution in [1.82, 2.24) is 20.3 Å². The molecule has 10 nitrogen and oxygen atoms in total. The lowest BCUT2D eigenvalue weighted by atomic mass is 10.1. The zero-order valence-electron chi connectivity index (χ0n) is 13.1. The molecule has 1 unspecified atom stereocenters. The molecular weight excluding hydrogens is 332 g/mol. The van der Waals surface area contributed by atoms with Crippen molar-refractivity contribution in [1.29, 1.82) is 0 Å². The number of hydrogen-bond donors (Lipinski definition) is 3. The number of benzene rings is 1. The minimum Gasteiger partial charge on any atom is -0.481 e. The Balaban J connectivity index is 1.99. The van der Waals surface area contributed by atoms with Crippen LogP contribution in [0.15, 0.2) is 29.1 Å². The number of aliphatic carboxylic acids is 2. The summed E-state index contributed by atoms with van der Waals surface area (Å²) in [5, 5.41) is 27.8. The van der Waals surface area contributed by atoms with Gasteiger partial charge in [-0.3, -0.25) is 14.4 Å². The van der Waals surface area contributed by atoms with Crippen LogP contribution in [0, 0.1) is 0 Å². The van der Waals surface area contributed by atoms with Gasteiger partial charge in [-0.1, -0.05) is 17.3 Å². The van der Waals surface area contributed by atoms with Crippen LogP contribution in [0.2, 0.25) is 0 Å². The molecule has 0 spiro atoms. The topological polar surface area (TPSA) is 151 Å². The summed E-state index contributed by atoms with van der Waals surface area (Å²) in [6, 6.07) is 5.33. The number of rotatable bonds is 8. The molecule has 3 N–H and O–H groups in total. The van der Waals surface area contributed by atoms with E-state index in [0.29, 0.717) is 10.9 Å². The average Bonchev–Trinajstić information content (AvgIpc) is 2.57. The van der Waals surface area contributed by atoms with E-state index in [2.05, 4.69) is 15.6 Å². The quantitative estimate of drug-likeness (QED) is 0.583. The standard InChI is InChI=1S/C15H16N4O6/c20-12(16-11(15(24)25)5-6-13(21)22)7-8-19-14(23)9-3-1-2-4-10(9)17-18-19/h1-4,11H,5-8H2,(H,16,20)(H,21,22)(H,24,25). The average molecular weight is 348 g/mol. The zero-order valence-corrected chi connectivity index (χ0v) is 13.1. The number of carbonyl (C=O) groups is 3. The maximum atomic E-state index is 12.2. The fourth-order valence-corrected chi connectivity index (χ4v) is 2.17. The third-order valence-corrected chi connectivity index (χ3v) is 3.46. The van der Waals surface area contributed by atoms with Crippen molar-refractivity contribution in [3.63, 3.8) is 0 Å². The highest BCUT2D eigenvalue weighted by Crippen LogP contribution is 2.04. The number of aromatic nitrogens is 3. The van der Waals surface area contributed by atoms with E-state index in [4.69, 9.17) is 10.2 Å². The largest absolute Gasteiger partial charge is 0.481 e. The molecule has 132 valence electrons. The Morgan fingerprint density at radius 3 is 2.56 bits per heavy atom. The predicted molar refractivity (Wildman–Crippen MR) is 84.9 cm³/mol. The van der Waals surface area contributed by atoms with Gasteiger partial charge >= 0.3 is 11.9 Å². The van der Waals surface area contributed by atoms with Crippen molar-refractivity contribution in [2.75, 3.05) is 0 Å². The van der Waals surface area contributed by atoms with Crippen molar-refractivity contribution < 1.29 is 24.6 Å². The third kappa shape index (κ3) is 4.83. The van der Waals surface area contributed by atoms with Crippen molar-refractivity contribution in [2.45, 2.75) is 31.8 Å². The van der Waals surface area contributed by atoms with E-state index in [1.54, 1.807) is 24.3 Å². The minimum absolute atomic E-state index is 0.0756. The number of nitrogens with one attached hydrogen (secondary N) is 1. The van der Waals surface area contributed by atoms with Gasteiger partial charge in [-0.25, -0.2) is 9.48 Å². The maximum Gasteiger partial charge on any atom is 0.326 e. The number of hydrogen-bond acceptors (Lipinski definition) is 6. The first-order valence-electron chi connectivity index (χ1n) is 7.45. The van der Waals surface area contributed by atoms with Crippen LogP contribution < -0.4 is 10.9 Å². The van der Waals surface area contributed by atoms with E-state index in [-0.39, 0.29) is 25.8 Å². The molecule has 0 aliphatic rings. The van der Waals surface area contributed by atoms with Gasteiger partial charge < -0.3 is 15.5 Å². The van der Waals surface area contributed by atoms with Gasteiger partial charge in [0.25, 0.3) is 5.56 Å². The Kier molecular flexibility index (Phi) is 5.77. The molecule has 10 heteroatoms. The van der Waals surface area contributed by atoms with Gasteiger partial charge in [0.05, 0.1) is 11.9 Å². The van der Waals surface area contributed by atoms with Crippen molar-refractivity contribution >= 4 is 28.7 Å². The molecule has 1 amide bonds. The third-order valence-electron chi connectivity index (χ3n) is 3.46. The molecule has 0 saturated heterocycles. The molecule has 0 aliphatic heterocycles. The molecule has 1 aromatic carbocycles. The van der Waals surface area contributed by atoms with Crippen LogP contribution in [0.1, 0.15) is 19.3 Å². The summed E-state index contributed by atoms with van der Waals surface area (Å²) in [6.07, 6.45) is -0.803. The Morgan fingerprint density at radius 2 is 1.88 bits per heavy atom. The van der Waals surface area contributed by atoms with E-state index < -0.39 is 29.4 Å². The van der Waals surface area contributed by atoms with Crippen molar-refractivity contribution in [2.24, 2.45) is 0 Å². The van der Waals surface area contributed by atoms with Crippen LogP contribution in [-0.4, -0.2) is 49.1 Å². The molecule has 25 heavy (non-hydrogen) atoms. The van der Waals surface area contributed by atoms with E-state index >= 15 is 0 Å². The van der Waals surface area contributed by atoms with Gasteiger partial charge in [0.1, 0.15) is 11.6 Å². The lowest BCUT2D eigenvalue weighted by Crippen LogP contribution is -2.41. The van der Waals surface area contributed by atoms with Gasteiger partial charge in [0, 0.05) is 12.8 Å². The Labute approximate surface area is 141 Å². The second-order valence-electron chi connectivity index (χ2n) is 5.28. The number of nitrogens with zero attached hydrogens (tertiary/aromatic N) is 3. The van der Waals surface area contributed by atoms with Crippen molar-refractivity contribution in [3.8, 4) is 0 Å². The normalized spacial score (nSPS) is 11.8. The molecule has 2 aromatic rings. The van der Waals surface area contributed by atoms with Crippen LogP contribution in [0.4, 0.5) is 0 Å². The highest BCUT2D eigenvalue weighted by molar-refractivity contribution is 5.84. The first kappa shape index (κ1) is 18.0.